The van der Waals surface area contributed by atoms with Gasteiger partial charge in [0.1, 0.15) is 5.60 Å². The molecule has 0 bridgehead atoms. The van der Waals surface area contributed by atoms with Crippen LogP contribution in [-0.4, -0.2) is 24.1 Å². The van der Waals surface area contributed by atoms with Gasteiger partial charge in [-0.2, -0.15) is 0 Å². The van der Waals surface area contributed by atoms with E-state index in [0.29, 0.717) is 5.92 Å². The van der Waals surface area contributed by atoms with Gasteiger partial charge in [0.2, 0.25) is 5.91 Å². The molecule has 2 amide bonds. The second kappa shape index (κ2) is 9.44. The van der Waals surface area contributed by atoms with E-state index in [1.54, 1.807) is 20.8 Å². The summed E-state index contributed by atoms with van der Waals surface area (Å²) in [5.74, 6) is 0.523. The number of ether oxygens (including phenoxy) is 1. The summed E-state index contributed by atoms with van der Waals surface area (Å²) in [5, 5.41) is 5.53. The Morgan fingerprint density at radius 2 is 1.68 bits per heavy atom. The number of hydrogen-bond acceptors (Lipinski definition) is 3. The predicted molar refractivity (Wildman–Crippen MR) is 100 cm³/mol. The van der Waals surface area contributed by atoms with E-state index in [1.807, 2.05) is 6.92 Å². The molecule has 1 rings (SSSR count). The summed E-state index contributed by atoms with van der Waals surface area (Å²) >= 11 is 0. The Balaban J connectivity index is 2.37. The van der Waals surface area contributed by atoms with Crippen LogP contribution in [-0.2, 0) is 16.0 Å². The van der Waals surface area contributed by atoms with Crippen LogP contribution >= 0.6 is 0 Å². The summed E-state index contributed by atoms with van der Waals surface area (Å²) in [4.78, 5) is 23.5. The van der Waals surface area contributed by atoms with Gasteiger partial charge in [0.15, 0.2) is 0 Å². The Hall–Kier alpha value is -2.04. The molecule has 0 aromatic heterocycles. The molecule has 5 heteroatoms. The van der Waals surface area contributed by atoms with Crippen molar-refractivity contribution in [3.05, 3.63) is 35.4 Å². The molecular formula is C20H32N2O3. The van der Waals surface area contributed by atoms with Gasteiger partial charge in [-0.1, -0.05) is 38.1 Å². The van der Waals surface area contributed by atoms with Crippen LogP contribution < -0.4 is 10.6 Å². The number of rotatable bonds is 7. The molecular weight excluding hydrogens is 316 g/mol. The number of benzene rings is 1. The van der Waals surface area contributed by atoms with Crippen molar-refractivity contribution in [2.45, 2.75) is 66.0 Å². The molecule has 0 radical (unpaired) electrons. The van der Waals surface area contributed by atoms with Crippen molar-refractivity contribution in [1.29, 1.82) is 0 Å². The summed E-state index contributed by atoms with van der Waals surface area (Å²) in [6, 6.07) is 8.27. The molecule has 2 N–H and O–H groups in total. The Bertz CT molecular complexity index is 559. The molecule has 0 saturated heterocycles. The van der Waals surface area contributed by atoms with Crippen LogP contribution in [0.2, 0.25) is 0 Å². The van der Waals surface area contributed by atoms with Crippen LogP contribution in [0.25, 0.3) is 0 Å². The minimum absolute atomic E-state index is 0.0675. The van der Waals surface area contributed by atoms with E-state index in [1.165, 1.54) is 5.56 Å². The summed E-state index contributed by atoms with van der Waals surface area (Å²) in [6.07, 6.45) is 0.765. The normalized spacial score (nSPS) is 12.6. The topological polar surface area (TPSA) is 67.4 Å². The molecule has 0 unspecified atom stereocenters. The van der Waals surface area contributed by atoms with Crippen molar-refractivity contribution in [2.75, 3.05) is 6.54 Å². The number of alkyl carbamates (subject to hydrolysis) is 1. The molecule has 25 heavy (non-hydrogen) atoms. The first-order valence-electron chi connectivity index (χ1n) is 8.92. The Morgan fingerprint density at radius 1 is 1.08 bits per heavy atom. The number of carbonyl (C=O) groups excluding carboxylic acids is 2. The minimum Gasteiger partial charge on any atom is -0.444 e. The lowest BCUT2D eigenvalue weighted by atomic mass is 10.00. The highest BCUT2D eigenvalue weighted by Crippen LogP contribution is 2.15. The second-order valence-corrected chi connectivity index (χ2v) is 7.81. The third-order valence-corrected chi connectivity index (χ3v) is 3.52. The third-order valence-electron chi connectivity index (χ3n) is 3.52. The molecule has 0 aliphatic rings. The van der Waals surface area contributed by atoms with E-state index < -0.39 is 11.7 Å². The van der Waals surface area contributed by atoms with Gasteiger partial charge in [-0.05, 0) is 51.2 Å². The summed E-state index contributed by atoms with van der Waals surface area (Å²) in [5.41, 5.74) is 1.84. The maximum absolute atomic E-state index is 12.0. The Kier molecular flexibility index (Phi) is 7.94. The van der Waals surface area contributed by atoms with Crippen molar-refractivity contribution in [3.63, 3.8) is 0 Å². The van der Waals surface area contributed by atoms with Crippen molar-refractivity contribution in [1.82, 2.24) is 10.6 Å². The zero-order valence-electron chi connectivity index (χ0n) is 16.3. The molecule has 1 aromatic rings. The maximum Gasteiger partial charge on any atom is 0.407 e. The zero-order valence-corrected chi connectivity index (χ0v) is 16.3. The fourth-order valence-corrected chi connectivity index (χ4v) is 2.40. The molecule has 0 aliphatic heterocycles. The van der Waals surface area contributed by atoms with Crippen molar-refractivity contribution in [3.8, 4) is 0 Å². The van der Waals surface area contributed by atoms with Crippen LogP contribution in [0, 0.1) is 5.92 Å². The highest BCUT2D eigenvalue weighted by atomic mass is 16.6. The molecule has 0 fully saturated rings. The average Bonchev–Trinajstić information content (AvgIpc) is 2.45. The van der Waals surface area contributed by atoms with E-state index in [2.05, 4.69) is 48.7 Å². The van der Waals surface area contributed by atoms with Crippen LogP contribution in [0.3, 0.4) is 0 Å². The third kappa shape index (κ3) is 9.13. The lowest BCUT2D eigenvalue weighted by Crippen LogP contribution is -2.35. The van der Waals surface area contributed by atoms with Crippen LogP contribution in [0.5, 0.6) is 0 Å². The predicted octanol–water partition coefficient (Wildman–Crippen LogP) is 3.98. The van der Waals surface area contributed by atoms with Gasteiger partial charge >= 0.3 is 6.09 Å². The summed E-state index contributed by atoms with van der Waals surface area (Å²) < 4.78 is 5.13. The number of amides is 2. The lowest BCUT2D eigenvalue weighted by Gasteiger charge is -2.19. The zero-order chi connectivity index (χ0) is 19.0. The Labute approximate surface area is 151 Å². The number of hydrogen-bond donors (Lipinski definition) is 2. The van der Waals surface area contributed by atoms with E-state index in [0.717, 1.165) is 12.0 Å². The molecule has 0 spiro atoms. The largest absolute Gasteiger partial charge is 0.444 e. The van der Waals surface area contributed by atoms with Crippen LogP contribution in [0.4, 0.5) is 4.79 Å². The number of carbonyl (C=O) groups is 2. The molecule has 1 aromatic carbocycles. The van der Waals surface area contributed by atoms with E-state index in [-0.39, 0.29) is 24.9 Å². The maximum atomic E-state index is 12.0. The van der Waals surface area contributed by atoms with Crippen molar-refractivity contribution >= 4 is 12.0 Å². The fraction of sp³-hybridized carbons (Fsp3) is 0.600. The molecule has 0 saturated carbocycles. The first kappa shape index (κ1) is 21.0. The summed E-state index contributed by atoms with van der Waals surface area (Å²) in [7, 11) is 0. The van der Waals surface area contributed by atoms with E-state index in [9.17, 15) is 9.59 Å². The van der Waals surface area contributed by atoms with Gasteiger partial charge in [0, 0.05) is 13.0 Å². The van der Waals surface area contributed by atoms with Crippen LogP contribution in [0.1, 0.15) is 65.1 Å². The highest BCUT2D eigenvalue weighted by Gasteiger charge is 2.16. The molecule has 5 nitrogen and oxygen atoms in total. The molecule has 1 atom stereocenters. The monoisotopic (exact) mass is 348 g/mol. The van der Waals surface area contributed by atoms with E-state index in [4.69, 9.17) is 4.74 Å². The average molecular weight is 348 g/mol. The van der Waals surface area contributed by atoms with Gasteiger partial charge in [-0.3, -0.25) is 4.79 Å². The first-order valence-corrected chi connectivity index (χ1v) is 8.92. The van der Waals surface area contributed by atoms with Gasteiger partial charge < -0.3 is 15.4 Å². The van der Waals surface area contributed by atoms with Gasteiger partial charge in [0.05, 0.1) is 6.04 Å². The van der Waals surface area contributed by atoms with Gasteiger partial charge in [-0.15, -0.1) is 0 Å². The SMILES string of the molecule is CC(C)Cc1ccc([C@H](C)NC(=O)CCNC(=O)OC(C)(C)C)cc1. The van der Waals surface area contributed by atoms with Crippen LogP contribution in [0.15, 0.2) is 24.3 Å². The quantitative estimate of drug-likeness (QED) is 0.783. The molecule has 0 heterocycles. The molecule has 0 aliphatic carbocycles. The van der Waals surface area contributed by atoms with Crippen molar-refractivity contribution in [2.24, 2.45) is 5.92 Å². The number of nitrogens with one attached hydrogen (secondary N) is 2. The summed E-state index contributed by atoms with van der Waals surface area (Å²) in [6.45, 7) is 12.0. The second-order valence-electron chi connectivity index (χ2n) is 7.81. The van der Waals surface area contributed by atoms with E-state index >= 15 is 0 Å². The first-order chi connectivity index (χ1) is 11.6. The Morgan fingerprint density at radius 3 is 2.20 bits per heavy atom. The van der Waals surface area contributed by atoms with Gasteiger partial charge in [0.25, 0.3) is 0 Å². The van der Waals surface area contributed by atoms with Crippen molar-refractivity contribution < 1.29 is 14.3 Å². The highest BCUT2D eigenvalue weighted by molar-refractivity contribution is 5.77. The minimum atomic E-state index is -0.539. The fourth-order valence-electron chi connectivity index (χ4n) is 2.40. The smallest absolute Gasteiger partial charge is 0.407 e. The standard InChI is InChI=1S/C20H32N2O3/c1-14(2)13-16-7-9-17(10-8-16)15(3)22-18(23)11-12-21-19(24)25-20(4,5)6/h7-10,14-15H,11-13H2,1-6H3,(H,21,24)(H,22,23)/t15-/m0/s1. The molecule has 140 valence electrons. The van der Waals surface area contributed by atoms with Gasteiger partial charge in [-0.25, -0.2) is 4.79 Å². The lowest BCUT2D eigenvalue weighted by molar-refractivity contribution is -0.121.